The highest BCUT2D eigenvalue weighted by Crippen LogP contribution is 2.25. The Morgan fingerprint density at radius 1 is 1.36 bits per heavy atom. The van der Waals surface area contributed by atoms with Crippen molar-refractivity contribution in [1.82, 2.24) is 20.4 Å². The zero-order valence-corrected chi connectivity index (χ0v) is 14.6. The SMILES string of the molecule is COCC(=O)NC1CCN([C@H](C)c2nc(-c3ccccc3)no2)CC1. The molecule has 1 saturated heterocycles. The summed E-state index contributed by atoms with van der Waals surface area (Å²) in [5, 5.41) is 7.10. The van der Waals surface area contributed by atoms with Crippen LogP contribution < -0.4 is 5.32 Å². The lowest BCUT2D eigenvalue weighted by atomic mass is 10.0. The van der Waals surface area contributed by atoms with Gasteiger partial charge in [0.25, 0.3) is 0 Å². The quantitative estimate of drug-likeness (QED) is 0.863. The van der Waals surface area contributed by atoms with E-state index in [0.29, 0.717) is 11.7 Å². The van der Waals surface area contributed by atoms with Crippen molar-refractivity contribution in [3.05, 3.63) is 36.2 Å². The molecule has 0 saturated carbocycles. The van der Waals surface area contributed by atoms with E-state index >= 15 is 0 Å². The highest BCUT2D eigenvalue weighted by Gasteiger charge is 2.27. The number of amides is 1. The van der Waals surface area contributed by atoms with Crippen molar-refractivity contribution in [1.29, 1.82) is 0 Å². The van der Waals surface area contributed by atoms with Crippen LogP contribution in [0, 0.1) is 0 Å². The molecule has 2 heterocycles. The molecule has 1 atom stereocenters. The van der Waals surface area contributed by atoms with E-state index in [4.69, 9.17) is 9.26 Å². The molecule has 0 bridgehead atoms. The van der Waals surface area contributed by atoms with E-state index in [0.717, 1.165) is 31.5 Å². The number of ether oxygens (including phenoxy) is 1. The van der Waals surface area contributed by atoms with Crippen molar-refractivity contribution in [3.8, 4) is 11.4 Å². The highest BCUT2D eigenvalue weighted by atomic mass is 16.5. The predicted octanol–water partition coefficient (Wildman–Crippen LogP) is 2.02. The Hall–Kier alpha value is -2.25. The molecule has 7 nitrogen and oxygen atoms in total. The maximum Gasteiger partial charge on any atom is 0.246 e. The van der Waals surface area contributed by atoms with Gasteiger partial charge in [0.2, 0.25) is 17.6 Å². The van der Waals surface area contributed by atoms with Crippen LogP contribution in [-0.4, -0.2) is 53.8 Å². The van der Waals surface area contributed by atoms with Crippen LogP contribution in [0.3, 0.4) is 0 Å². The van der Waals surface area contributed by atoms with Crippen LogP contribution >= 0.6 is 0 Å². The van der Waals surface area contributed by atoms with Gasteiger partial charge in [-0.25, -0.2) is 0 Å². The van der Waals surface area contributed by atoms with Gasteiger partial charge in [0.15, 0.2) is 0 Å². The van der Waals surface area contributed by atoms with Gasteiger partial charge in [-0.2, -0.15) is 4.98 Å². The van der Waals surface area contributed by atoms with Gasteiger partial charge < -0.3 is 14.6 Å². The fraction of sp³-hybridized carbons (Fsp3) is 0.500. The minimum Gasteiger partial charge on any atom is -0.375 e. The largest absolute Gasteiger partial charge is 0.375 e. The van der Waals surface area contributed by atoms with Gasteiger partial charge in [-0.05, 0) is 19.8 Å². The Morgan fingerprint density at radius 3 is 2.76 bits per heavy atom. The third kappa shape index (κ3) is 4.43. The van der Waals surface area contributed by atoms with Crippen LogP contribution in [-0.2, 0) is 9.53 Å². The first-order valence-corrected chi connectivity index (χ1v) is 8.58. The van der Waals surface area contributed by atoms with Crippen LogP contribution in [0.25, 0.3) is 11.4 Å². The molecule has 1 aliphatic rings. The van der Waals surface area contributed by atoms with Gasteiger partial charge in [0, 0.05) is 31.8 Å². The standard InChI is InChI=1S/C18H24N4O3/c1-13(18-20-17(21-25-18)14-6-4-3-5-7-14)22-10-8-15(9-11-22)19-16(23)12-24-2/h3-7,13,15H,8-12H2,1-2H3,(H,19,23)/t13-/m1/s1. The second-order valence-corrected chi connectivity index (χ2v) is 6.31. The van der Waals surface area contributed by atoms with E-state index in [-0.39, 0.29) is 24.6 Å². The van der Waals surface area contributed by atoms with E-state index in [1.54, 1.807) is 0 Å². The fourth-order valence-corrected chi connectivity index (χ4v) is 3.10. The summed E-state index contributed by atoms with van der Waals surface area (Å²) in [6, 6.07) is 10.1. The third-order valence-electron chi connectivity index (χ3n) is 4.55. The number of benzene rings is 1. The third-order valence-corrected chi connectivity index (χ3v) is 4.55. The molecule has 1 aromatic heterocycles. The second-order valence-electron chi connectivity index (χ2n) is 6.31. The number of likely N-dealkylation sites (tertiary alicyclic amines) is 1. The van der Waals surface area contributed by atoms with Crippen LogP contribution in [0.1, 0.15) is 31.7 Å². The van der Waals surface area contributed by atoms with Gasteiger partial charge >= 0.3 is 0 Å². The van der Waals surface area contributed by atoms with Crippen molar-refractivity contribution in [2.45, 2.75) is 31.8 Å². The molecular weight excluding hydrogens is 320 g/mol. The lowest BCUT2D eigenvalue weighted by Gasteiger charge is -2.34. The van der Waals surface area contributed by atoms with Crippen LogP contribution in [0.5, 0.6) is 0 Å². The molecule has 1 amide bonds. The Bertz CT molecular complexity index is 681. The second kappa shape index (κ2) is 8.22. The minimum atomic E-state index is -0.0570. The van der Waals surface area contributed by atoms with E-state index < -0.39 is 0 Å². The van der Waals surface area contributed by atoms with Gasteiger partial charge in [0.1, 0.15) is 6.61 Å². The average Bonchev–Trinajstić information content (AvgIpc) is 3.13. The van der Waals surface area contributed by atoms with Crippen molar-refractivity contribution in [3.63, 3.8) is 0 Å². The monoisotopic (exact) mass is 344 g/mol. The molecule has 2 aromatic rings. The van der Waals surface area contributed by atoms with Crippen molar-refractivity contribution in [2.75, 3.05) is 26.8 Å². The van der Waals surface area contributed by atoms with Crippen molar-refractivity contribution >= 4 is 5.91 Å². The number of aromatic nitrogens is 2. The molecule has 0 unspecified atom stereocenters. The molecule has 1 aliphatic heterocycles. The molecule has 25 heavy (non-hydrogen) atoms. The van der Waals surface area contributed by atoms with Crippen molar-refractivity contribution in [2.24, 2.45) is 0 Å². The number of carbonyl (C=O) groups excluding carboxylic acids is 1. The van der Waals surface area contributed by atoms with E-state index in [9.17, 15) is 4.79 Å². The summed E-state index contributed by atoms with van der Waals surface area (Å²) in [7, 11) is 1.53. The first-order chi connectivity index (χ1) is 12.2. The van der Waals surface area contributed by atoms with Gasteiger partial charge in [-0.1, -0.05) is 35.5 Å². The molecular formula is C18H24N4O3. The topological polar surface area (TPSA) is 80.5 Å². The minimum absolute atomic E-state index is 0.0561. The number of methoxy groups -OCH3 is 1. The Morgan fingerprint density at radius 2 is 2.08 bits per heavy atom. The van der Waals surface area contributed by atoms with Gasteiger partial charge in [0.05, 0.1) is 6.04 Å². The first-order valence-electron chi connectivity index (χ1n) is 8.58. The molecule has 3 rings (SSSR count). The lowest BCUT2D eigenvalue weighted by Crippen LogP contribution is -2.46. The molecule has 1 fully saturated rings. The number of nitrogens with one attached hydrogen (secondary N) is 1. The maximum absolute atomic E-state index is 11.6. The van der Waals surface area contributed by atoms with Crippen molar-refractivity contribution < 1.29 is 14.1 Å². The Kier molecular flexibility index (Phi) is 5.78. The number of hydrogen-bond donors (Lipinski definition) is 1. The first kappa shape index (κ1) is 17.6. The smallest absolute Gasteiger partial charge is 0.246 e. The number of nitrogens with zero attached hydrogens (tertiary/aromatic N) is 3. The zero-order chi connectivity index (χ0) is 17.6. The van der Waals surface area contributed by atoms with E-state index in [1.165, 1.54) is 7.11 Å². The van der Waals surface area contributed by atoms with Gasteiger partial charge in [-0.3, -0.25) is 9.69 Å². The Balaban J connectivity index is 1.55. The van der Waals surface area contributed by atoms with Gasteiger partial charge in [-0.15, -0.1) is 0 Å². The number of rotatable bonds is 6. The molecule has 7 heteroatoms. The van der Waals surface area contributed by atoms with Crippen LogP contribution in [0.4, 0.5) is 0 Å². The zero-order valence-electron chi connectivity index (χ0n) is 14.6. The number of carbonyl (C=O) groups is 1. The van der Waals surface area contributed by atoms with E-state index in [1.807, 2.05) is 30.3 Å². The summed E-state index contributed by atoms with van der Waals surface area (Å²) in [6.07, 6.45) is 1.80. The highest BCUT2D eigenvalue weighted by molar-refractivity contribution is 5.77. The van der Waals surface area contributed by atoms with E-state index in [2.05, 4.69) is 27.3 Å². The summed E-state index contributed by atoms with van der Waals surface area (Å²) in [4.78, 5) is 18.5. The molecule has 134 valence electrons. The average molecular weight is 344 g/mol. The normalized spacial score (nSPS) is 17.4. The van der Waals surface area contributed by atoms with Crippen LogP contribution in [0.2, 0.25) is 0 Å². The summed E-state index contributed by atoms with van der Waals surface area (Å²) >= 11 is 0. The fourth-order valence-electron chi connectivity index (χ4n) is 3.10. The predicted molar refractivity (Wildman–Crippen MR) is 92.8 cm³/mol. The number of piperidine rings is 1. The summed E-state index contributed by atoms with van der Waals surface area (Å²) in [5.74, 6) is 1.18. The molecule has 1 N–H and O–H groups in total. The molecule has 0 spiro atoms. The molecule has 1 aromatic carbocycles. The summed E-state index contributed by atoms with van der Waals surface area (Å²) in [5.41, 5.74) is 0.948. The maximum atomic E-state index is 11.6. The summed E-state index contributed by atoms with van der Waals surface area (Å²) in [6.45, 7) is 3.94. The Labute approximate surface area is 147 Å². The van der Waals surface area contributed by atoms with Crippen LogP contribution in [0.15, 0.2) is 34.9 Å². The lowest BCUT2D eigenvalue weighted by molar-refractivity contribution is -0.125. The number of hydrogen-bond acceptors (Lipinski definition) is 6. The summed E-state index contributed by atoms with van der Waals surface area (Å²) < 4.78 is 10.3. The molecule has 0 radical (unpaired) electrons. The molecule has 0 aliphatic carbocycles.